The average molecular weight is 331 g/mol. The van der Waals surface area contributed by atoms with Gasteiger partial charge in [-0.15, -0.1) is 11.8 Å². The molecular formula is C13H19BrN2OS. The standard InChI is InChI=1S/C13H19BrN2OS/c1-9(15)7-13(17)16-8-10(2)18-12-5-3-11(14)4-6-12/h3-6,9-10H,7-8,15H2,1-2H3,(H,16,17). The van der Waals surface area contributed by atoms with Crippen LogP contribution >= 0.6 is 27.7 Å². The Hall–Kier alpha value is -0.520. The van der Waals surface area contributed by atoms with Crippen molar-refractivity contribution in [2.45, 2.75) is 36.5 Å². The first kappa shape index (κ1) is 15.5. The van der Waals surface area contributed by atoms with Gasteiger partial charge in [0.25, 0.3) is 0 Å². The highest BCUT2D eigenvalue weighted by atomic mass is 79.9. The van der Waals surface area contributed by atoms with E-state index in [9.17, 15) is 4.79 Å². The Balaban J connectivity index is 2.31. The third-order valence-electron chi connectivity index (χ3n) is 2.24. The third kappa shape index (κ3) is 6.42. The Kier molecular flexibility index (Phi) is 6.75. The molecule has 0 aliphatic rings. The molecule has 1 rings (SSSR count). The maximum Gasteiger partial charge on any atom is 0.221 e. The van der Waals surface area contributed by atoms with Gasteiger partial charge in [-0.25, -0.2) is 0 Å². The topological polar surface area (TPSA) is 55.1 Å². The van der Waals surface area contributed by atoms with E-state index in [-0.39, 0.29) is 11.9 Å². The second-order valence-corrected chi connectivity index (χ2v) is 6.80. The molecule has 0 spiro atoms. The highest BCUT2D eigenvalue weighted by Crippen LogP contribution is 2.24. The summed E-state index contributed by atoms with van der Waals surface area (Å²) in [7, 11) is 0. The minimum atomic E-state index is -0.0839. The van der Waals surface area contributed by atoms with E-state index in [1.54, 1.807) is 11.8 Å². The maximum atomic E-state index is 11.4. The van der Waals surface area contributed by atoms with E-state index < -0.39 is 0 Å². The van der Waals surface area contributed by atoms with Crippen LogP contribution in [0.25, 0.3) is 0 Å². The summed E-state index contributed by atoms with van der Waals surface area (Å²) in [5.74, 6) is 0.0215. The minimum absolute atomic E-state index is 0.0215. The van der Waals surface area contributed by atoms with Crippen molar-refractivity contribution >= 4 is 33.6 Å². The first-order chi connectivity index (χ1) is 8.47. The van der Waals surface area contributed by atoms with Gasteiger partial charge in [0.2, 0.25) is 5.91 Å². The highest BCUT2D eigenvalue weighted by molar-refractivity contribution is 9.10. The zero-order valence-electron chi connectivity index (χ0n) is 10.7. The number of rotatable bonds is 6. The number of nitrogens with two attached hydrogens (primary N) is 1. The van der Waals surface area contributed by atoms with Crippen molar-refractivity contribution in [3.63, 3.8) is 0 Å². The van der Waals surface area contributed by atoms with Crippen molar-refractivity contribution in [1.82, 2.24) is 5.32 Å². The fourth-order valence-electron chi connectivity index (χ4n) is 1.41. The summed E-state index contributed by atoms with van der Waals surface area (Å²) >= 11 is 5.15. The summed E-state index contributed by atoms with van der Waals surface area (Å²) in [4.78, 5) is 12.6. The summed E-state index contributed by atoms with van der Waals surface area (Å²) in [6, 6.07) is 8.08. The van der Waals surface area contributed by atoms with Gasteiger partial charge in [0.05, 0.1) is 0 Å². The van der Waals surface area contributed by atoms with Crippen LogP contribution in [0.2, 0.25) is 0 Å². The zero-order chi connectivity index (χ0) is 13.5. The number of carbonyl (C=O) groups is 1. The molecular weight excluding hydrogens is 312 g/mol. The van der Waals surface area contributed by atoms with Gasteiger partial charge in [-0.1, -0.05) is 22.9 Å². The minimum Gasteiger partial charge on any atom is -0.355 e. The number of halogens is 1. The molecule has 3 nitrogen and oxygen atoms in total. The normalized spacial score (nSPS) is 14.0. The second-order valence-electron chi connectivity index (χ2n) is 4.37. The SMILES string of the molecule is CC(N)CC(=O)NCC(C)Sc1ccc(Br)cc1. The van der Waals surface area contributed by atoms with E-state index in [2.05, 4.69) is 40.3 Å². The van der Waals surface area contributed by atoms with Crippen LogP contribution in [0.1, 0.15) is 20.3 Å². The van der Waals surface area contributed by atoms with E-state index >= 15 is 0 Å². The lowest BCUT2D eigenvalue weighted by atomic mass is 10.2. The summed E-state index contributed by atoms with van der Waals surface area (Å²) in [6.45, 7) is 4.59. The largest absolute Gasteiger partial charge is 0.355 e. The van der Waals surface area contributed by atoms with Crippen LogP contribution in [0.5, 0.6) is 0 Å². The van der Waals surface area contributed by atoms with Crippen molar-refractivity contribution < 1.29 is 4.79 Å². The smallest absolute Gasteiger partial charge is 0.221 e. The second kappa shape index (κ2) is 7.81. The Morgan fingerprint density at radius 1 is 1.39 bits per heavy atom. The first-order valence-electron chi connectivity index (χ1n) is 5.92. The molecule has 0 bridgehead atoms. The molecule has 1 aromatic carbocycles. The van der Waals surface area contributed by atoms with Gasteiger partial charge in [-0.05, 0) is 31.2 Å². The molecule has 0 heterocycles. The van der Waals surface area contributed by atoms with Crippen molar-refractivity contribution in [3.05, 3.63) is 28.7 Å². The molecule has 0 aliphatic heterocycles. The van der Waals surface area contributed by atoms with E-state index in [0.717, 1.165) is 4.47 Å². The molecule has 5 heteroatoms. The molecule has 2 atom stereocenters. The molecule has 100 valence electrons. The molecule has 0 fully saturated rings. The van der Waals surface area contributed by atoms with Gasteiger partial charge in [0.15, 0.2) is 0 Å². The predicted molar refractivity (Wildman–Crippen MR) is 80.7 cm³/mol. The summed E-state index contributed by atoms with van der Waals surface area (Å²) < 4.78 is 1.07. The van der Waals surface area contributed by atoms with Crippen molar-refractivity contribution in [1.29, 1.82) is 0 Å². The first-order valence-corrected chi connectivity index (χ1v) is 7.59. The van der Waals surface area contributed by atoms with E-state index in [1.165, 1.54) is 4.90 Å². The van der Waals surface area contributed by atoms with Crippen molar-refractivity contribution in [2.24, 2.45) is 5.73 Å². The number of hydrogen-bond acceptors (Lipinski definition) is 3. The lowest BCUT2D eigenvalue weighted by Crippen LogP contribution is -2.33. The van der Waals surface area contributed by atoms with Gasteiger partial charge in [-0.2, -0.15) is 0 Å². The maximum absolute atomic E-state index is 11.4. The zero-order valence-corrected chi connectivity index (χ0v) is 13.1. The molecule has 0 aromatic heterocycles. The van der Waals surface area contributed by atoms with E-state index in [4.69, 9.17) is 5.73 Å². The van der Waals surface area contributed by atoms with Crippen LogP contribution < -0.4 is 11.1 Å². The molecule has 0 saturated carbocycles. The van der Waals surface area contributed by atoms with Crippen LogP contribution in [0.15, 0.2) is 33.6 Å². The Morgan fingerprint density at radius 3 is 2.56 bits per heavy atom. The predicted octanol–water partition coefficient (Wildman–Crippen LogP) is 2.78. The number of amides is 1. The van der Waals surface area contributed by atoms with Crippen molar-refractivity contribution in [3.8, 4) is 0 Å². The highest BCUT2D eigenvalue weighted by Gasteiger charge is 2.08. The Labute approximate surface area is 121 Å². The monoisotopic (exact) mass is 330 g/mol. The number of carbonyl (C=O) groups excluding carboxylic acids is 1. The lowest BCUT2D eigenvalue weighted by Gasteiger charge is -2.13. The lowest BCUT2D eigenvalue weighted by molar-refractivity contribution is -0.121. The Morgan fingerprint density at radius 2 is 2.00 bits per heavy atom. The molecule has 2 unspecified atom stereocenters. The molecule has 0 radical (unpaired) electrons. The van der Waals surface area contributed by atoms with Crippen LogP contribution in [0.4, 0.5) is 0 Å². The third-order valence-corrected chi connectivity index (χ3v) is 3.89. The molecule has 1 aromatic rings. The van der Waals surface area contributed by atoms with Gasteiger partial charge in [-0.3, -0.25) is 4.79 Å². The number of hydrogen-bond donors (Lipinski definition) is 2. The number of benzene rings is 1. The van der Waals surface area contributed by atoms with Crippen molar-refractivity contribution in [2.75, 3.05) is 6.54 Å². The quantitative estimate of drug-likeness (QED) is 0.788. The molecule has 0 saturated heterocycles. The molecule has 0 aliphatic carbocycles. The summed E-state index contributed by atoms with van der Waals surface area (Å²) in [6.07, 6.45) is 0.385. The Bertz CT molecular complexity index is 381. The molecule has 1 amide bonds. The fraction of sp³-hybridized carbons (Fsp3) is 0.462. The summed E-state index contributed by atoms with van der Waals surface area (Å²) in [5.41, 5.74) is 5.57. The summed E-state index contributed by atoms with van der Waals surface area (Å²) in [5, 5.41) is 3.23. The van der Waals surface area contributed by atoms with Crippen LogP contribution in [0.3, 0.4) is 0 Å². The fourth-order valence-corrected chi connectivity index (χ4v) is 2.60. The molecule has 3 N–H and O–H groups in total. The number of thioether (sulfide) groups is 1. The molecule has 18 heavy (non-hydrogen) atoms. The number of nitrogens with one attached hydrogen (secondary N) is 1. The van der Waals surface area contributed by atoms with Crippen LogP contribution in [0, 0.1) is 0 Å². The van der Waals surface area contributed by atoms with Gasteiger partial charge >= 0.3 is 0 Å². The van der Waals surface area contributed by atoms with Crippen LogP contribution in [-0.2, 0) is 4.79 Å². The average Bonchev–Trinajstić information content (AvgIpc) is 2.29. The van der Waals surface area contributed by atoms with E-state index in [0.29, 0.717) is 18.2 Å². The van der Waals surface area contributed by atoms with E-state index in [1.807, 2.05) is 19.1 Å². The van der Waals surface area contributed by atoms with Gasteiger partial charge in [0.1, 0.15) is 0 Å². The van der Waals surface area contributed by atoms with Crippen LogP contribution in [-0.4, -0.2) is 23.7 Å². The van der Waals surface area contributed by atoms with Gasteiger partial charge < -0.3 is 11.1 Å². The van der Waals surface area contributed by atoms with Gasteiger partial charge in [0, 0.05) is 33.6 Å².